The molecule has 1 aliphatic heterocycles. The van der Waals surface area contributed by atoms with Crippen molar-refractivity contribution in [3.63, 3.8) is 0 Å². The van der Waals surface area contributed by atoms with Gasteiger partial charge >= 0.3 is 0 Å². The molecule has 1 aromatic heterocycles. The Bertz CT molecular complexity index is 969. The molecule has 2 aromatic carbocycles. The zero-order valence-electron chi connectivity index (χ0n) is 16.7. The maximum atomic E-state index is 5.11. The van der Waals surface area contributed by atoms with Crippen LogP contribution in [0.5, 0.6) is 0 Å². The lowest BCUT2D eigenvalue weighted by atomic mass is 10.0. The number of rotatable bonds is 3. The molecule has 0 spiro atoms. The predicted octanol–water partition coefficient (Wildman–Crippen LogP) is 4.97. The highest BCUT2D eigenvalue weighted by molar-refractivity contribution is 5.74. The van der Waals surface area contributed by atoms with Crippen LogP contribution in [0.15, 0.2) is 42.5 Å². The van der Waals surface area contributed by atoms with Crippen molar-refractivity contribution < 1.29 is 0 Å². The lowest BCUT2D eigenvalue weighted by Crippen LogP contribution is -2.08. The molecule has 140 valence electrons. The molecule has 3 aromatic rings. The minimum Gasteiger partial charge on any atom is -0.378 e. The Kier molecular flexibility index (Phi) is 4.65. The van der Waals surface area contributed by atoms with Crippen molar-refractivity contribution in [3.8, 4) is 16.9 Å². The van der Waals surface area contributed by atoms with Crippen molar-refractivity contribution in [1.82, 2.24) is 9.78 Å². The first-order chi connectivity index (χ1) is 13.1. The topological polar surface area (TPSA) is 33.1 Å². The van der Waals surface area contributed by atoms with Gasteiger partial charge in [0.15, 0.2) is 0 Å². The van der Waals surface area contributed by atoms with E-state index < -0.39 is 0 Å². The van der Waals surface area contributed by atoms with E-state index in [1.165, 1.54) is 40.8 Å². The molecule has 0 aliphatic carbocycles. The molecule has 1 aliphatic rings. The molecule has 0 bridgehead atoms. The second kappa shape index (κ2) is 7.10. The maximum Gasteiger partial charge on any atom is 0.133 e. The Hall–Kier alpha value is -2.75. The number of hydrogen-bond donors (Lipinski definition) is 1. The zero-order valence-corrected chi connectivity index (χ0v) is 16.7. The maximum absolute atomic E-state index is 5.11. The average molecular weight is 361 g/mol. The monoisotopic (exact) mass is 360 g/mol. The third kappa shape index (κ3) is 3.20. The van der Waals surface area contributed by atoms with Gasteiger partial charge in [-0.3, -0.25) is 0 Å². The number of nitrogens with one attached hydrogen (secondary N) is 1. The van der Waals surface area contributed by atoms with Crippen molar-refractivity contribution in [2.45, 2.75) is 33.1 Å². The molecule has 0 saturated heterocycles. The van der Waals surface area contributed by atoms with Gasteiger partial charge in [0.25, 0.3) is 0 Å². The quantitative estimate of drug-likeness (QED) is 0.716. The van der Waals surface area contributed by atoms with Crippen molar-refractivity contribution in [1.29, 1.82) is 0 Å². The summed E-state index contributed by atoms with van der Waals surface area (Å²) in [5, 5.41) is 8.77. The Morgan fingerprint density at radius 2 is 1.85 bits per heavy atom. The average Bonchev–Trinajstić information content (AvgIpc) is 2.85. The molecule has 4 nitrogen and oxygen atoms in total. The molecule has 1 N–H and O–H groups in total. The molecule has 4 heteroatoms. The third-order valence-electron chi connectivity index (χ3n) is 5.57. The number of benzene rings is 2. The van der Waals surface area contributed by atoms with E-state index in [0.29, 0.717) is 0 Å². The van der Waals surface area contributed by atoms with Gasteiger partial charge in [-0.25, -0.2) is 4.68 Å². The van der Waals surface area contributed by atoms with Gasteiger partial charge in [-0.05, 0) is 62.4 Å². The fraction of sp³-hybridized carbons (Fsp3) is 0.348. The van der Waals surface area contributed by atoms with Crippen LogP contribution in [-0.4, -0.2) is 30.4 Å². The molecule has 0 radical (unpaired) electrons. The first-order valence-electron chi connectivity index (χ1n) is 9.76. The zero-order chi connectivity index (χ0) is 19.0. The van der Waals surface area contributed by atoms with E-state index in [-0.39, 0.29) is 0 Å². The van der Waals surface area contributed by atoms with Crippen LogP contribution in [0.25, 0.3) is 16.9 Å². The lowest BCUT2D eigenvalue weighted by molar-refractivity contribution is 0.779. The summed E-state index contributed by atoms with van der Waals surface area (Å²) >= 11 is 0. The highest BCUT2D eigenvalue weighted by Gasteiger charge is 2.22. The molecule has 0 fully saturated rings. The van der Waals surface area contributed by atoms with Crippen LogP contribution in [0.2, 0.25) is 0 Å². The predicted molar refractivity (Wildman–Crippen MR) is 114 cm³/mol. The van der Waals surface area contributed by atoms with E-state index in [9.17, 15) is 0 Å². The van der Waals surface area contributed by atoms with Crippen LogP contribution in [-0.2, 0) is 6.42 Å². The van der Waals surface area contributed by atoms with Gasteiger partial charge in [0.05, 0.1) is 11.4 Å². The number of aromatic nitrogens is 2. The van der Waals surface area contributed by atoms with Gasteiger partial charge in [-0.1, -0.05) is 24.3 Å². The third-order valence-corrected chi connectivity index (χ3v) is 5.57. The fourth-order valence-electron chi connectivity index (χ4n) is 3.81. The summed E-state index contributed by atoms with van der Waals surface area (Å²) in [5.74, 6) is 1.16. The Morgan fingerprint density at radius 1 is 1.04 bits per heavy atom. The Morgan fingerprint density at radius 3 is 2.67 bits per heavy atom. The molecule has 27 heavy (non-hydrogen) atoms. The van der Waals surface area contributed by atoms with Gasteiger partial charge in [0, 0.05) is 37.5 Å². The lowest BCUT2D eigenvalue weighted by Gasteiger charge is -2.13. The largest absolute Gasteiger partial charge is 0.378 e. The molecule has 0 atom stereocenters. The van der Waals surface area contributed by atoms with Crippen LogP contribution in [0.4, 0.5) is 11.5 Å². The summed E-state index contributed by atoms with van der Waals surface area (Å²) < 4.78 is 2.13. The molecular formula is C23H28N4. The van der Waals surface area contributed by atoms with E-state index in [4.69, 9.17) is 5.10 Å². The van der Waals surface area contributed by atoms with Gasteiger partial charge < -0.3 is 10.2 Å². The number of anilines is 2. The number of hydrogen-bond acceptors (Lipinski definition) is 3. The van der Waals surface area contributed by atoms with Crippen molar-refractivity contribution in [2.75, 3.05) is 30.9 Å². The SMILES string of the molecule is Cc1cccc(-n2nc(-c3cccc(N(C)C)c3)c3c2NCCCC3)c1C. The Balaban J connectivity index is 1.92. The summed E-state index contributed by atoms with van der Waals surface area (Å²) in [4.78, 5) is 2.14. The number of nitrogens with zero attached hydrogens (tertiary/aromatic N) is 3. The van der Waals surface area contributed by atoms with Crippen LogP contribution in [0, 0.1) is 13.8 Å². The van der Waals surface area contributed by atoms with Gasteiger partial charge in [-0.15, -0.1) is 0 Å². The van der Waals surface area contributed by atoms with Gasteiger partial charge in [0.1, 0.15) is 5.82 Å². The van der Waals surface area contributed by atoms with Crippen molar-refractivity contribution in [3.05, 3.63) is 59.2 Å². The van der Waals surface area contributed by atoms with Crippen LogP contribution >= 0.6 is 0 Å². The van der Waals surface area contributed by atoms with E-state index in [1.807, 2.05) is 0 Å². The first-order valence-corrected chi connectivity index (χ1v) is 9.76. The van der Waals surface area contributed by atoms with Crippen LogP contribution < -0.4 is 10.2 Å². The standard InChI is InChI=1S/C23H28N4/c1-16-9-7-13-21(17(16)2)27-23-20(12-5-6-14-24-23)22(25-27)18-10-8-11-19(15-18)26(3)4/h7-11,13,15,24H,5-6,12,14H2,1-4H3. The van der Waals surface area contributed by atoms with Crippen molar-refractivity contribution >= 4 is 11.5 Å². The molecule has 2 heterocycles. The fourth-order valence-corrected chi connectivity index (χ4v) is 3.81. The van der Waals surface area contributed by atoms with E-state index in [0.717, 1.165) is 30.2 Å². The molecule has 0 unspecified atom stereocenters. The Labute approximate surface area is 161 Å². The van der Waals surface area contributed by atoms with E-state index in [1.54, 1.807) is 0 Å². The summed E-state index contributed by atoms with van der Waals surface area (Å²) in [6, 6.07) is 15.1. The van der Waals surface area contributed by atoms with Gasteiger partial charge in [0.2, 0.25) is 0 Å². The van der Waals surface area contributed by atoms with Crippen LogP contribution in [0.3, 0.4) is 0 Å². The van der Waals surface area contributed by atoms with Crippen molar-refractivity contribution in [2.24, 2.45) is 0 Å². The highest BCUT2D eigenvalue weighted by Crippen LogP contribution is 2.35. The minimum absolute atomic E-state index is 1.00. The normalized spacial score (nSPS) is 13.6. The van der Waals surface area contributed by atoms with Gasteiger partial charge in [-0.2, -0.15) is 5.10 Å². The van der Waals surface area contributed by atoms with Crippen LogP contribution in [0.1, 0.15) is 29.5 Å². The summed E-state index contributed by atoms with van der Waals surface area (Å²) in [5.41, 5.74) is 8.56. The molecule has 0 amide bonds. The highest BCUT2D eigenvalue weighted by atomic mass is 15.3. The smallest absolute Gasteiger partial charge is 0.133 e. The summed E-state index contributed by atoms with van der Waals surface area (Å²) in [7, 11) is 4.16. The minimum atomic E-state index is 1.00. The number of aryl methyl sites for hydroxylation is 1. The second-order valence-electron chi connectivity index (χ2n) is 7.64. The first kappa shape index (κ1) is 17.7. The van der Waals surface area contributed by atoms with E-state index >= 15 is 0 Å². The molecule has 4 rings (SSSR count). The summed E-state index contributed by atoms with van der Waals surface area (Å²) in [6.45, 7) is 5.35. The number of fused-ring (bicyclic) bond motifs is 1. The molecular weight excluding hydrogens is 332 g/mol. The second-order valence-corrected chi connectivity index (χ2v) is 7.64. The summed E-state index contributed by atoms with van der Waals surface area (Å²) in [6.07, 6.45) is 3.45. The van der Waals surface area contributed by atoms with E-state index in [2.05, 4.69) is 85.3 Å². The molecule has 0 saturated carbocycles.